The number of rotatable bonds is 6. The normalized spacial score (nSPS) is 17.9. The molecule has 1 saturated carbocycles. The van der Waals surface area contributed by atoms with Crippen molar-refractivity contribution in [3.63, 3.8) is 0 Å². The summed E-state index contributed by atoms with van der Waals surface area (Å²) in [6, 6.07) is 0.891. The van der Waals surface area contributed by atoms with E-state index < -0.39 is 0 Å². The summed E-state index contributed by atoms with van der Waals surface area (Å²) in [5.41, 5.74) is 5.49. The monoisotopic (exact) mass is 213 g/mol. The van der Waals surface area contributed by atoms with Crippen molar-refractivity contribution >= 4 is 5.91 Å². The van der Waals surface area contributed by atoms with Gasteiger partial charge in [0.15, 0.2) is 0 Å². The predicted molar refractivity (Wildman–Crippen MR) is 61.6 cm³/mol. The molecule has 0 aromatic heterocycles. The summed E-state index contributed by atoms with van der Waals surface area (Å²) in [6.45, 7) is 3.30. The van der Waals surface area contributed by atoms with Crippen molar-refractivity contribution in [2.24, 2.45) is 5.73 Å². The highest BCUT2D eigenvalue weighted by atomic mass is 16.2. The van der Waals surface area contributed by atoms with E-state index in [2.05, 4.69) is 11.8 Å². The lowest BCUT2D eigenvalue weighted by Gasteiger charge is -2.26. The van der Waals surface area contributed by atoms with Crippen LogP contribution >= 0.6 is 0 Å². The number of likely N-dealkylation sites (N-methyl/N-ethyl adjacent to an activating group) is 2. The fourth-order valence-electron chi connectivity index (χ4n) is 1.61. The highest BCUT2D eigenvalue weighted by Gasteiger charge is 2.30. The minimum Gasteiger partial charge on any atom is -0.342 e. The number of carbonyl (C=O) groups excluding carboxylic acids is 1. The Morgan fingerprint density at radius 3 is 2.53 bits per heavy atom. The van der Waals surface area contributed by atoms with Crippen LogP contribution in [0, 0.1) is 0 Å². The highest BCUT2D eigenvalue weighted by Crippen LogP contribution is 2.25. The zero-order chi connectivity index (χ0) is 11.4. The van der Waals surface area contributed by atoms with Crippen molar-refractivity contribution in [2.75, 3.05) is 27.2 Å². The minimum absolute atomic E-state index is 0.226. The molecule has 0 aromatic carbocycles. The Bertz CT molecular complexity index is 216. The van der Waals surface area contributed by atoms with Crippen LogP contribution in [0.1, 0.15) is 26.2 Å². The second-order valence-corrected chi connectivity index (χ2v) is 4.58. The van der Waals surface area contributed by atoms with E-state index in [0.717, 1.165) is 6.42 Å². The molecule has 0 spiro atoms. The molecule has 4 heteroatoms. The maximum Gasteiger partial charge on any atom is 0.236 e. The van der Waals surface area contributed by atoms with Crippen LogP contribution < -0.4 is 5.73 Å². The van der Waals surface area contributed by atoms with Crippen molar-refractivity contribution in [2.45, 2.75) is 38.3 Å². The smallest absolute Gasteiger partial charge is 0.236 e. The van der Waals surface area contributed by atoms with Crippen molar-refractivity contribution in [3.05, 3.63) is 0 Å². The third kappa shape index (κ3) is 3.80. The fraction of sp³-hybridized carbons (Fsp3) is 0.909. The molecule has 0 heterocycles. The number of nitrogens with zero attached hydrogens (tertiary/aromatic N) is 2. The van der Waals surface area contributed by atoms with Crippen LogP contribution in [0.5, 0.6) is 0 Å². The summed E-state index contributed by atoms with van der Waals surface area (Å²) in [6.07, 6.45) is 3.28. The van der Waals surface area contributed by atoms with Gasteiger partial charge in [-0.2, -0.15) is 0 Å². The number of carbonyl (C=O) groups is 1. The van der Waals surface area contributed by atoms with Gasteiger partial charge in [-0.15, -0.1) is 0 Å². The maximum absolute atomic E-state index is 11.8. The average molecular weight is 213 g/mol. The van der Waals surface area contributed by atoms with E-state index in [1.165, 1.54) is 12.8 Å². The Labute approximate surface area is 92.4 Å². The van der Waals surface area contributed by atoms with Crippen LogP contribution in [-0.2, 0) is 4.79 Å². The molecule has 1 amide bonds. The molecule has 0 aliphatic heterocycles. The minimum atomic E-state index is 0.226. The standard InChI is InChI=1S/C11H23N3O/c1-9(6-7-12)13(2)8-11(15)14(3)10-4-5-10/h9-10H,4-8,12H2,1-3H3. The van der Waals surface area contributed by atoms with Gasteiger partial charge in [0.05, 0.1) is 6.54 Å². The quantitative estimate of drug-likeness (QED) is 0.689. The van der Waals surface area contributed by atoms with Gasteiger partial charge in [0, 0.05) is 19.1 Å². The van der Waals surface area contributed by atoms with Gasteiger partial charge in [-0.25, -0.2) is 0 Å². The second kappa shape index (κ2) is 5.47. The van der Waals surface area contributed by atoms with Crippen LogP contribution in [-0.4, -0.2) is 55.0 Å². The van der Waals surface area contributed by atoms with E-state index in [9.17, 15) is 4.79 Å². The first kappa shape index (κ1) is 12.5. The lowest BCUT2D eigenvalue weighted by atomic mass is 10.2. The van der Waals surface area contributed by atoms with Crippen molar-refractivity contribution in [1.29, 1.82) is 0 Å². The first-order valence-corrected chi connectivity index (χ1v) is 5.72. The number of hydrogen-bond donors (Lipinski definition) is 1. The van der Waals surface area contributed by atoms with Gasteiger partial charge < -0.3 is 10.6 Å². The highest BCUT2D eigenvalue weighted by molar-refractivity contribution is 5.78. The summed E-state index contributed by atoms with van der Waals surface area (Å²) in [5.74, 6) is 0.226. The van der Waals surface area contributed by atoms with Crippen LogP contribution in [0.3, 0.4) is 0 Å². The zero-order valence-corrected chi connectivity index (χ0v) is 10.1. The first-order chi connectivity index (χ1) is 7.06. The molecule has 4 nitrogen and oxygen atoms in total. The maximum atomic E-state index is 11.8. The molecular formula is C11H23N3O. The van der Waals surface area contributed by atoms with E-state index >= 15 is 0 Å². The molecule has 0 radical (unpaired) electrons. The summed E-state index contributed by atoms with van der Waals surface area (Å²) in [5, 5.41) is 0. The van der Waals surface area contributed by atoms with Gasteiger partial charge in [0.25, 0.3) is 0 Å². The Morgan fingerprint density at radius 1 is 1.47 bits per heavy atom. The molecule has 1 fully saturated rings. The van der Waals surface area contributed by atoms with Crippen molar-refractivity contribution in [3.8, 4) is 0 Å². The number of nitrogens with two attached hydrogens (primary N) is 1. The number of hydrogen-bond acceptors (Lipinski definition) is 3. The molecule has 1 atom stereocenters. The van der Waals surface area contributed by atoms with E-state index in [4.69, 9.17) is 5.73 Å². The molecule has 88 valence electrons. The SMILES string of the molecule is CC(CCN)N(C)CC(=O)N(C)C1CC1. The third-order valence-corrected chi connectivity index (χ3v) is 3.21. The molecule has 0 bridgehead atoms. The molecule has 15 heavy (non-hydrogen) atoms. The Kier molecular flexibility index (Phi) is 4.54. The zero-order valence-electron chi connectivity index (χ0n) is 10.1. The fourth-order valence-corrected chi connectivity index (χ4v) is 1.61. The number of amides is 1. The molecule has 1 rings (SSSR count). The molecule has 1 unspecified atom stereocenters. The van der Waals surface area contributed by atoms with Gasteiger partial charge in [0.1, 0.15) is 0 Å². The van der Waals surface area contributed by atoms with Gasteiger partial charge in [0.2, 0.25) is 5.91 Å². The Hall–Kier alpha value is -0.610. The van der Waals surface area contributed by atoms with Gasteiger partial charge in [-0.05, 0) is 39.8 Å². The van der Waals surface area contributed by atoms with Crippen LogP contribution in [0.2, 0.25) is 0 Å². The van der Waals surface area contributed by atoms with Crippen molar-refractivity contribution < 1.29 is 4.79 Å². The molecular weight excluding hydrogens is 190 g/mol. The van der Waals surface area contributed by atoms with Gasteiger partial charge in [-0.3, -0.25) is 9.69 Å². The second-order valence-electron chi connectivity index (χ2n) is 4.58. The Morgan fingerprint density at radius 2 is 2.07 bits per heavy atom. The Balaban J connectivity index is 2.29. The van der Waals surface area contributed by atoms with Crippen LogP contribution in [0.25, 0.3) is 0 Å². The average Bonchev–Trinajstić information content (AvgIpc) is 3.00. The lowest BCUT2D eigenvalue weighted by Crippen LogP contribution is -2.41. The summed E-state index contributed by atoms with van der Waals surface area (Å²) in [4.78, 5) is 15.8. The van der Waals surface area contributed by atoms with E-state index in [-0.39, 0.29) is 5.91 Å². The summed E-state index contributed by atoms with van der Waals surface area (Å²) >= 11 is 0. The predicted octanol–water partition coefficient (Wildman–Crippen LogP) is 0.276. The largest absolute Gasteiger partial charge is 0.342 e. The van der Waals surface area contributed by atoms with E-state index in [1.807, 2.05) is 19.0 Å². The molecule has 0 saturated heterocycles. The summed E-state index contributed by atoms with van der Waals surface area (Å²) < 4.78 is 0. The topological polar surface area (TPSA) is 49.6 Å². The molecule has 1 aliphatic carbocycles. The molecule has 2 N–H and O–H groups in total. The van der Waals surface area contributed by atoms with Gasteiger partial charge >= 0.3 is 0 Å². The van der Waals surface area contributed by atoms with Crippen LogP contribution in [0.15, 0.2) is 0 Å². The van der Waals surface area contributed by atoms with E-state index in [1.54, 1.807) is 0 Å². The first-order valence-electron chi connectivity index (χ1n) is 5.72. The lowest BCUT2D eigenvalue weighted by molar-refractivity contribution is -0.131. The third-order valence-electron chi connectivity index (χ3n) is 3.21. The van der Waals surface area contributed by atoms with Gasteiger partial charge in [-0.1, -0.05) is 0 Å². The molecule has 1 aliphatic rings. The van der Waals surface area contributed by atoms with Crippen LogP contribution in [0.4, 0.5) is 0 Å². The summed E-state index contributed by atoms with van der Waals surface area (Å²) in [7, 11) is 3.89. The molecule has 0 aromatic rings. The van der Waals surface area contributed by atoms with Crippen molar-refractivity contribution in [1.82, 2.24) is 9.80 Å². The van der Waals surface area contributed by atoms with E-state index in [0.29, 0.717) is 25.2 Å².